The van der Waals surface area contributed by atoms with Crippen LogP contribution in [0.25, 0.3) is 0 Å². The fourth-order valence-electron chi connectivity index (χ4n) is 1.46. The Labute approximate surface area is 104 Å². The molecule has 6 heteroatoms. The molecule has 18 heavy (non-hydrogen) atoms. The quantitative estimate of drug-likeness (QED) is 0.552. The Kier molecular flexibility index (Phi) is 5.29. The van der Waals surface area contributed by atoms with Gasteiger partial charge in [0.2, 0.25) is 5.91 Å². The molecule has 2 atom stereocenters. The second kappa shape index (κ2) is 6.73. The van der Waals surface area contributed by atoms with Crippen LogP contribution in [0.1, 0.15) is 18.0 Å². The lowest BCUT2D eigenvalue weighted by atomic mass is 10.1. The van der Waals surface area contributed by atoms with Gasteiger partial charge in [0.1, 0.15) is 12.1 Å². The van der Waals surface area contributed by atoms with E-state index in [1.807, 2.05) is 0 Å². The molecule has 0 fully saturated rings. The van der Waals surface area contributed by atoms with Crippen molar-refractivity contribution in [3.8, 4) is 0 Å². The Morgan fingerprint density at radius 1 is 1.28 bits per heavy atom. The minimum Gasteiger partial charge on any atom is -0.480 e. The number of carboxylic acids is 1. The predicted molar refractivity (Wildman–Crippen MR) is 64.6 cm³/mol. The van der Waals surface area contributed by atoms with Gasteiger partial charge in [-0.05, 0) is 5.56 Å². The molecule has 1 aromatic rings. The smallest absolute Gasteiger partial charge is 0.326 e. The van der Waals surface area contributed by atoms with E-state index in [0.717, 1.165) is 0 Å². The summed E-state index contributed by atoms with van der Waals surface area (Å²) in [7, 11) is 0. The zero-order valence-corrected chi connectivity index (χ0v) is 9.74. The lowest BCUT2D eigenvalue weighted by molar-refractivity contribution is -0.142. The third-order valence-corrected chi connectivity index (χ3v) is 2.47. The van der Waals surface area contributed by atoms with Crippen molar-refractivity contribution in [1.82, 2.24) is 5.32 Å². The summed E-state index contributed by atoms with van der Waals surface area (Å²) in [5, 5.41) is 19.8. The van der Waals surface area contributed by atoms with E-state index in [2.05, 4.69) is 5.32 Å². The predicted octanol–water partition coefficient (Wildman–Crippen LogP) is -0.362. The molecule has 1 amide bonds. The Morgan fingerprint density at radius 3 is 2.39 bits per heavy atom. The lowest BCUT2D eigenvalue weighted by Crippen LogP contribution is -2.45. The van der Waals surface area contributed by atoms with E-state index in [-0.39, 0.29) is 13.0 Å². The van der Waals surface area contributed by atoms with Gasteiger partial charge in [-0.15, -0.1) is 0 Å². The van der Waals surface area contributed by atoms with E-state index >= 15 is 0 Å². The normalized spacial score (nSPS) is 13.7. The summed E-state index contributed by atoms with van der Waals surface area (Å²) in [6.45, 7) is -0.322. The van der Waals surface area contributed by atoms with Crippen molar-refractivity contribution in [3.63, 3.8) is 0 Å². The first kappa shape index (κ1) is 14.1. The van der Waals surface area contributed by atoms with Crippen molar-refractivity contribution in [2.45, 2.75) is 18.5 Å². The number of nitrogens with one attached hydrogen (secondary N) is 1. The average Bonchev–Trinajstić information content (AvgIpc) is 2.38. The topological polar surface area (TPSA) is 113 Å². The summed E-state index contributed by atoms with van der Waals surface area (Å²) < 4.78 is 0. The molecule has 0 bridgehead atoms. The lowest BCUT2D eigenvalue weighted by Gasteiger charge is -2.17. The number of hydrogen-bond acceptors (Lipinski definition) is 4. The van der Waals surface area contributed by atoms with E-state index in [0.29, 0.717) is 5.56 Å². The van der Waals surface area contributed by atoms with Crippen LogP contribution in [-0.4, -0.2) is 34.7 Å². The highest BCUT2D eigenvalue weighted by molar-refractivity contribution is 5.87. The number of rotatable bonds is 6. The van der Waals surface area contributed by atoms with Crippen molar-refractivity contribution in [1.29, 1.82) is 0 Å². The molecular weight excluding hydrogens is 236 g/mol. The van der Waals surface area contributed by atoms with Crippen LogP contribution in [-0.2, 0) is 9.59 Å². The molecule has 98 valence electrons. The Morgan fingerprint density at radius 2 is 1.89 bits per heavy atom. The van der Waals surface area contributed by atoms with E-state index < -0.39 is 24.0 Å². The average molecular weight is 252 g/mol. The molecule has 0 spiro atoms. The monoisotopic (exact) mass is 252 g/mol. The van der Waals surface area contributed by atoms with Crippen LogP contribution < -0.4 is 11.1 Å². The van der Waals surface area contributed by atoms with Gasteiger partial charge in [-0.25, -0.2) is 4.79 Å². The Hall–Kier alpha value is -1.92. The zero-order chi connectivity index (χ0) is 13.5. The molecule has 0 unspecified atom stereocenters. The largest absolute Gasteiger partial charge is 0.480 e. The van der Waals surface area contributed by atoms with Crippen LogP contribution in [0.3, 0.4) is 0 Å². The van der Waals surface area contributed by atoms with Crippen molar-refractivity contribution >= 4 is 11.9 Å². The van der Waals surface area contributed by atoms with E-state index in [9.17, 15) is 9.59 Å². The first-order valence-corrected chi connectivity index (χ1v) is 5.51. The number of aliphatic hydroxyl groups excluding tert-OH is 1. The molecule has 0 radical (unpaired) electrons. The number of aliphatic hydroxyl groups is 1. The van der Waals surface area contributed by atoms with Gasteiger partial charge in [-0.2, -0.15) is 0 Å². The number of hydrogen-bond donors (Lipinski definition) is 4. The highest BCUT2D eigenvalue weighted by atomic mass is 16.4. The van der Waals surface area contributed by atoms with E-state index in [1.54, 1.807) is 30.3 Å². The van der Waals surface area contributed by atoms with Gasteiger partial charge >= 0.3 is 5.97 Å². The first-order valence-electron chi connectivity index (χ1n) is 5.51. The van der Waals surface area contributed by atoms with Crippen LogP contribution in [0.5, 0.6) is 0 Å². The number of amides is 1. The minimum absolute atomic E-state index is 0.0530. The highest BCUT2D eigenvalue weighted by Crippen LogP contribution is 2.09. The van der Waals surface area contributed by atoms with Crippen molar-refractivity contribution in [3.05, 3.63) is 35.9 Å². The number of benzene rings is 1. The van der Waals surface area contributed by atoms with Gasteiger partial charge in [0.05, 0.1) is 0 Å². The Balaban J connectivity index is 2.67. The molecule has 1 rings (SSSR count). The van der Waals surface area contributed by atoms with Crippen LogP contribution in [0, 0.1) is 0 Å². The molecule has 0 aromatic heterocycles. The molecule has 0 saturated carbocycles. The van der Waals surface area contributed by atoms with Gasteiger partial charge in [-0.3, -0.25) is 4.79 Å². The fraction of sp³-hybridized carbons (Fsp3) is 0.333. The summed E-state index contributed by atoms with van der Waals surface area (Å²) in [6.07, 6.45) is -0.0530. The van der Waals surface area contributed by atoms with Gasteiger partial charge in [0.25, 0.3) is 0 Å². The highest BCUT2D eigenvalue weighted by Gasteiger charge is 2.23. The number of carboxylic acid groups (broad SMARTS) is 1. The molecule has 6 nitrogen and oxygen atoms in total. The minimum atomic E-state index is -1.20. The third-order valence-electron chi connectivity index (χ3n) is 2.47. The molecule has 0 aliphatic rings. The molecule has 0 aliphatic carbocycles. The zero-order valence-electron chi connectivity index (χ0n) is 9.74. The van der Waals surface area contributed by atoms with Crippen LogP contribution in [0.15, 0.2) is 30.3 Å². The van der Waals surface area contributed by atoms with Crippen molar-refractivity contribution in [2.24, 2.45) is 5.73 Å². The fourth-order valence-corrected chi connectivity index (χ4v) is 1.46. The SMILES string of the molecule is N[C@@H](C(=O)N[C@H](CCO)C(=O)O)c1ccccc1. The van der Waals surface area contributed by atoms with E-state index in [1.165, 1.54) is 0 Å². The second-order valence-electron chi connectivity index (χ2n) is 3.80. The molecule has 0 heterocycles. The molecule has 5 N–H and O–H groups in total. The van der Waals surface area contributed by atoms with Crippen LogP contribution in [0.2, 0.25) is 0 Å². The maximum atomic E-state index is 11.8. The molecule has 0 saturated heterocycles. The number of carbonyl (C=O) groups excluding carboxylic acids is 1. The third kappa shape index (κ3) is 3.83. The van der Waals surface area contributed by atoms with Crippen LogP contribution in [0.4, 0.5) is 0 Å². The second-order valence-corrected chi connectivity index (χ2v) is 3.80. The molecule has 0 aliphatic heterocycles. The summed E-state index contributed by atoms with van der Waals surface area (Å²) >= 11 is 0. The molecular formula is C12H16N2O4. The Bertz CT molecular complexity index is 408. The maximum absolute atomic E-state index is 11.8. The summed E-state index contributed by atoms with van der Waals surface area (Å²) in [5.41, 5.74) is 6.32. The summed E-state index contributed by atoms with van der Waals surface area (Å²) in [6, 6.07) is 6.59. The van der Waals surface area contributed by atoms with Crippen molar-refractivity contribution < 1.29 is 19.8 Å². The van der Waals surface area contributed by atoms with Crippen LogP contribution >= 0.6 is 0 Å². The summed E-state index contributed by atoms with van der Waals surface area (Å²) in [5.74, 6) is -1.78. The van der Waals surface area contributed by atoms with Gasteiger partial charge in [0.15, 0.2) is 0 Å². The number of aliphatic carboxylic acids is 1. The first-order chi connectivity index (χ1) is 8.56. The van der Waals surface area contributed by atoms with E-state index in [4.69, 9.17) is 15.9 Å². The standard InChI is InChI=1S/C12H16N2O4/c13-10(8-4-2-1-3-5-8)11(16)14-9(6-7-15)12(17)18/h1-5,9-10,15H,6-7,13H2,(H,14,16)(H,17,18)/t9-,10-/m1/s1. The van der Waals surface area contributed by atoms with Gasteiger partial charge < -0.3 is 21.3 Å². The van der Waals surface area contributed by atoms with Gasteiger partial charge in [0, 0.05) is 13.0 Å². The van der Waals surface area contributed by atoms with Gasteiger partial charge in [-0.1, -0.05) is 30.3 Å². The molecule has 1 aromatic carbocycles. The summed E-state index contributed by atoms with van der Waals surface area (Å²) in [4.78, 5) is 22.6. The number of nitrogens with two attached hydrogens (primary N) is 1. The maximum Gasteiger partial charge on any atom is 0.326 e. The number of carbonyl (C=O) groups is 2. The van der Waals surface area contributed by atoms with Crippen molar-refractivity contribution in [2.75, 3.05) is 6.61 Å².